The van der Waals surface area contributed by atoms with Gasteiger partial charge in [-0.15, -0.1) is 0 Å². The molecule has 1 aromatic rings. The van der Waals surface area contributed by atoms with E-state index in [1.165, 1.54) is 0 Å². The number of benzene rings is 1. The summed E-state index contributed by atoms with van der Waals surface area (Å²) in [5.74, 6) is 0.472. The van der Waals surface area contributed by atoms with Crippen LogP contribution in [0.5, 0.6) is 0 Å². The predicted molar refractivity (Wildman–Crippen MR) is 122 cm³/mol. The molecule has 0 amide bonds. The van der Waals surface area contributed by atoms with Gasteiger partial charge in [-0.3, -0.25) is 0 Å². The highest BCUT2D eigenvalue weighted by atomic mass is 33.1. The van der Waals surface area contributed by atoms with Crippen molar-refractivity contribution in [2.24, 2.45) is 0 Å². The van der Waals surface area contributed by atoms with E-state index in [1.54, 1.807) is 0 Å². The smallest absolute Gasteiger partial charge is 0.192 e. The van der Waals surface area contributed by atoms with E-state index in [-0.39, 0.29) is 4.75 Å². The van der Waals surface area contributed by atoms with Crippen molar-refractivity contribution in [1.29, 1.82) is 0 Å². The first-order chi connectivity index (χ1) is 14.0. The fraction of sp³-hybridized carbons (Fsp3) is 0.739. The largest absolute Gasteiger partial charge is 0.389 e. The van der Waals surface area contributed by atoms with Gasteiger partial charge in [0.25, 0.3) is 0 Å². The van der Waals surface area contributed by atoms with Crippen LogP contribution in [0.25, 0.3) is 0 Å². The monoisotopic (exact) mass is 440 g/mol. The Labute approximate surface area is 183 Å². The highest BCUT2D eigenvalue weighted by molar-refractivity contribution is 8.77. The molecule has 2 heterocycles. The van der Waals surface area contributed by atoms with Crippen molar-refractivity contribution < 1.29 is 19.3 Å². The van der Waals surface area contributed by atoms with Crippen molar-refractivity contribution in [3.8, 4) is 0 Å². The summed E-state index contributed by atoms with van der Waals surface area (Å²) in [5, 5.41) is 11.5. The zero-order valence-corrected chi connectivity index (χ0v) is 19.5. The second-order valence-corrected chi connectivity index (χ2v) is 11.3. The van der Waals surface area contributed by atoms with Crippen LogP contribution in [0.15, 0.2) is 30.3 Å². The normalized spacial score (nSPS) is 26.3. The van der Waals surface area contributed by atoms with Gasteiger partial charge in [0.15, 0.2) is 5.79 Å². The standard InChI is InChI=1S/C23H36O4S2/c1-3-4-11-21(2,24)22(12-8-17-28-29-22)13-14-23(26-15-16-27-23)19-25-18-20-9-6-5-7-10-20/h5-7,9-10,24H,3-4,8,11-19H2,1-2H3. The van der Waals surface area contributed by atoms with E-state index in [1.807, 2.05) is 46.7 Å². The Bertz CT molecular complexity index is 596. The minimum absolute atomic E-state index is 0.160. The van der Waals surface area contributed by atoms with Gasteiger partial charge < -0.3 is 19.3 Å². The molecule has 1 N–H and O–H groups in total. The van der Waals surface area contributed by atoms with Gasteiger partial charge in [-0.1, -0.05) is 71.7 Å². The maximum absolute atomic E-state index is 11.5. The van der Waals surface area contributed by atoms with Crippen LogP contribution in [-0.4, -0.2) is 46.8 Å². The Balaban J connectivity index is 1.63. The molecule has 0 bridgehead atoms. The summed E-state index contributed by atoms with van der Waals surface area (Å²) in [6.07, 6.45) is 6.82. The SMILES string of the molecule is CCCCC(C)(O)C1(CCC2(COCc3ccccc3)OCCO2)CCCSS1. The van der Waals surface area contributed by atoms with E-state index in [0.717, 1.165) is 56.3 Å². The summed E-state index contributed by atoms with van der Waals surface area (Å²) >= 11 is 0. The van der Waals surface area contributed by atoms with Crippen molar-refractivity contribution >= 4 is 21.6 Å². The van der Waals surface area contributed by atoms with Gasteiger partial charge in [-0.25, -0.2) is 0 Å². The van der Waals surface area contributed by atoms with Crippen molar-refractivity contribution in [1.82, 2.24) is 0 Å². The maximum atomic E-state index is 11.5. The van der Waals surface area contributed by atoms with Gasteiger partial charge in [0.1, 0.15) is 6.61 Å². The molecular weight excluding hydrogens is 404 g/mol. The molecule has 0 radical (unpaired) electrons. The maximum Gasteiger partial charge on any atom is 0.192 e. The number of ether oxygens (including phenoxy) is 3. The van der Waals surface area contributed by atoms with Gasteiger partial charge in [-0.2, -0.15) is 0 Å². The molecule has 2 atom stereocenters. The topological polar surface area (TPSA) is 47.9 Å². The molecule has 29 heavy (non-hydrogen) atoms. The molecule has 0 saturated carbocycles. The quantitative estimate of drug-likeness (QED) is 0.453. The summed E-state index contributed by atoms with van der Waals surface area (Å²) in [4.78, 5) is 0. The Hall–Kier alpha value is -0.240. The molecule has 2 unspecified atom stereocenters. The fourth-order valence-corrected chi connectivity index (χ4v) is 7.83. The molecule has 2 aliphatic rings. The van der Waals surface area contributed by atoms with E-state index in [4.69, 9.17) is 14.2 Å². The van der Waals surface area contributed by atoms with Crippen molar-refractivity contribution in [2.45, 2.75) is 81.5 Å². The number of hydrogen-bond donors (Lipinski definition) is 1. The van der Waals surface area contributed by atoms with Crippen LogP contribution in [0.2, 0.25) is 0 Å². The number of aliphatic hydroxyl groups is 1. The average Bonchev–Trinajstić information content (AvgIpc) is 3.21. The number of rotatable bonds is 11. The Morgan fingerprint density at radius 2 is 1.93 bits per heavy atom. The van der Waals surface area contributed by atoms with Crippen LogP contribution in [0, 0.1) is 0 Å². The molecule has 2 aliphatic heterocycles. The second kappa shape index (κ2) is 10.9. The first-order valence-corrected chi connectivity index (χ1v) is 13.3. The zero-order valence-electron chi connectivity index (χ0n) is 17.9. The third-order valence-electron chi connectivity index (χ3n) is 6.18. The molecule has 164 valence electrons. The van der Waals surface area contributed by atoms with Gasteiger partial charge in [0.05, 0.1) is 30.2 Å². The van der Waals surface area contributed by atoms with Gasteiger partial charge >= 0.3 is 0 Å². The van der Waals surface area contributed by atoms with E-state index in [2.05, 4.69) is 19.1 Å². The summed E-state index contributed by atoms with van der Waals surface area (Å²) in [6.45, 7) is 6.42. The van der Waals surface area contributed by atoms with E-state index in [0.29, 0.717) is 26.4 Å². The van der Waals surface area contributed by atoms with Crippen molar-refractivity contribution in [3.05, 3.63) is 35.9 Å². The zero-order chi connectivity index (χ0) is 20.6. The first kappa shape index (κ1) is 23.4. The molecule has 6 heteroatoms. The lowest BCUT2D eigenvalue weighted by molar-refractivity contribution is -0.203. The fourth-order valence-electron chi connectivity index (χ4n) is 4.24. The third-order valence-corrected chi connectivity index (χ3v) is 9.73. The lowest BCUT2D eigenvalue weighted by Crippen LogP contribution is -2.52. The lowest BCUT2D eigenvalue weighted by atomic mass is 9.77. The molecule has 3 rings (SSSR count). The Morgan fingerprint density at radius 3 is 2.59 bits per heavy atom. The predicted octanol–water partition coefficient (Wildman–Crippen LogP) is 5.58. The minimum atomic E-state index is -0.689. The Kier molecular flexibility index (Phi) is 8.78. The lowest BCUT2D eigenvalue weighted by Gasteiger charge is -2.48. The Morgan fingerprint density at radius 1 is 1.17 bits per heavy atom. The van der Waals surface area contributed by atoms with Crippen LogP contribution < -0.4 is 0 Å². The average molecular weight is 441 g/mol. The summed E-state index contributed by atoms with van der Waals surface area (Å²) in [6, 6.07) is 10.2. The number of hydrogen-bond acceptors (Lipinski definition) is 6. The molecule has 0 aliphatic carbocycles. The van der Waals surface area contributed by atoms with Crippen LogP contribution in [0.3, 0.4) is 0 Å². The van der Waals surface area contributed by atoms with E-state index < -0.39 is 11.4 Å². The van der Waals surface area contributed by atoms with E-state index in [9.17, 15) is 5.11 Å². The highest BCUT2D eigenvalue weighted by Gasteiger charge is 2.50. The van der Waals surface area contributed by atoms with Gasteiger partial charge in [0.2, 0.25) is 0 Å². The number of unbranched alkanes of at least 4 members (excludes halogenated alkanes) is 1. The molecule has 0 aromatic heterocycles. The molecule has 2 saturated heterocycles. The molecule has 2 fully saturated rings. The molecule has 4 nitrogen and oxygen atoms in total. The van der Waals surface area contributed by atoms with Crippen molar-refractivity contribution in [2.75, 3.05) is 25.6 Å². The second-order valence-electron chi connectivity index (χ2n) is 8.47. The minimum Gasteiger partial charge on any atom is -0.389 e. The van der Waals surface area contributed by atoms with Crippen LogP contribution >= 0.6 is 21.6 Å². The van der Waals surface area contributed by atoms with Crippen LogP contribution in [0.1, 0.15) is 64.4 Å². The summed E-state index contributed by atoms with van der Waals surface area (Å²) < 4.78 is 18.0. The van der Waals surface area contributed by atoms with Gasteiger partial charge in [-0.05, 0) is 38.2 Å². The highest BCUT2D eigenvalue weighted by Crippen LogP contribution is 2.55. The summed E-state index contributed by atoms with van der Waals surface area (Å²) in [7, 11) is 3.79. The van der Waals surface area contributed by atoms with Crippen LogP contribution in [0.4, 0.5) is 0 Å². The third kappa shape index (κ3) is 6.14. The van der Waals surface area contributed by atoms with Crippen LogP contribution in [-0.2, 0) is 20.8 Å². The van der Waals surface area contributed by atoms with Gasteiger partial charge in [0, 0.05) is 12.2 Å². The molecule has 0 spiro atoms. The molecular formula is C23H36O4S2. The molecule has 1 aromatic carbocycles. The van der Waals surface area contributed by atoms with E-state index >= 15 is 0 Å². The van der Waals surface area contributed by atoms with Crippen molar-refractivity contribution in [3.63, 3.8) is 0 Å². The first-order valence-electron chi connectivity index (χ1n) is 10.9. The summed E-state index contributed by atoms with van der Waals surface area (Å²) in [5.41, 5.74) is 0.463.